The standard InChI is InChI=1S/C18H25FN4O3/c1-4-11(2)20-16(24)12(3)21-18(26)22-14-9-10-23(17(14)25)15-8-6-5-7-13(15)19/h5-8,11-12,14H,4,9-10H2,1-3H3,(H,20,24)(H2,21,22,26). The second kappa shape index (κ2) is 8.64. The lowest BCUT2D eigenvalue weighted by molar-refractivity contribution is -0.123. The van der Waals surface area contributed by atoms with Gasteiger partial charge in [-0.3, -0.25) is 9.59 Å². The third kappa shape index (κ3) is 4.71. The van der Waals surface area contributed by atoms with Crippen molar-refractivity contribution in [3.05, 3.63) is 30.1 Å². The number of anilines is 1. The van der Waals surface area contributed by atoms with Crippen molar-refractivity contribution in [2.75, 3.05) is 11.4 Å². The van der Waals surface area contributed by atoms with Crippen LogP contribution in [0, 0.1) is 5.82 Å². The zero-order chi connectivity index (χ0) is 19.3. The molecule has 142 valence electrons. The number of para-hydroxylation sites is 1. The Morgan fingerprint density at radius 1 is 1.27 bits per heavy atom. The number of nitrogens with zero attached hydrogens (tertiary/aromatic N) is 1. The van der Waals surface area contributed by atoms with E-state index in [-0.39, 0.29) is 23.5 Å². The number of nitrogens with one attached hydrogen (secondary N) is 3. The van der Waals surface area contributed by atoms with Crippen LogP contribution >= 0.6 is 0 Å². The number of hydrogen-bond donors (Lipinski definition) is 3. The van der Waals surface area contributed by atoms with Crippen molar-refractivity contribution < 1.29 is 18.8 Å². The number of carbonyl (C=O) groups is 3. The fourth-order valence-electron chi connectivity index (χ4n) is 2.66. The van der Waals surface area contributed by atoms with Gasteiger partial charge in [-0.1, -0.05) is 19.1 Å². The van der Waals surface area contributed by atoms with E-state index in [1.54, 1.807) is 19.1 Å². The van der Waals surface area contributed by atoms with Crippen LogP contribution in [-0.2, 0) is 9.59 Å². The molecule has 8 heteroatoms. The van der Waals surface area contributed by atoms with Crippen molar-refractivity contribution >= 4 is 23.5 Å². The largest absolute Gasteiger partial charge is 0.352 e. The van der Waals surface area contributed by atoms with Crippen LogP contribution in [0.2, 0.25) is 0 Å². The van der Waals surface area contributed by atoms with Crippen LogP contribution in [0.5, 0.6) is 0 Å². The van der Waals surface area contributed by atoms with Gasteiger partial charge in [-0.25, -0.2) is 9.18 Å². The van der Waals surface area contributed by atoms with E-state index in [0.29, 0.717) is 13.0 Å². The molecule has 2 rings (SSSR count). The zero-order valence-corrected chi connectivity index (χ0v) is 15.2. The molecule has 26 heavy (non-hydrogen) atoms. The number of urea groups is 1. The van der Waals surface area contributed by atoms with Crippen LogP contribution < -0.4 is 20.9 Å². The Morgan fingerprint density at radius 2 is 1.96 bits per heavy atom. The first-order valence-electron chi connectivity index (χ1n) is 8.76. The fraction of sp³-hybridized carbons (Fsp3) is 0.500. The van der Waals surface area contributed by atoms with Crippen LogP contribution in [0.1, 0.15) is 33.6 Å². The lowest BCUT2D eigenvalue weighted by Crippen LogP contribution is -2.53. The average Bonchev–Trinajstić information content (AvgIpc) is 2.95. The molecule has 0 radical (unpaired) electrons. The van der Waals surface area contributed by atoms with Crippen LogP contribution in [0.4, 0.5) is 14.9 Å². The van der Waals surface area contributed by atoms with Crippen LogP contribution in [0.3, 0.4) is 0 Å². The molecule has 4 amide bonds. The first kappa shape index (κ1) is 19.7. The summed E-state index contributed by atoms with van der Waals surface area (Å²) in [4.78, 5) is 37.8. The van der Waals surface area contributed by atoms with Gasteiger partial charge in [-0.05, 0) is 38.8 Å². The summed E-state index contributed by atoms with van der Waals surface area (Å²) < 4.78 is 13.9. The molecule has 1 aromatic carbocycles. The molecule has 0 aliphatic carbocycles. The highest BCUT2D eigenvalue weighted by Gasteiger charge is 2.35. The van der Waals surface area contributed by atoms with Crippen molar-refractivity contribution in [1.29, 1.82) is 0 Å². The van der Waals surface area contributed by atoms with Gasteiger partial charge in [0.15, 0.2) is 0 Å². The molecule has 7 nitrogen and oxygen atoms in total. The Bertz CT molecular complexity index is 682. The Labute approximate surface area is 152 Å². The van der Waals surface area contributed by atoms with Gasteiger partial charge in [0.25, 0.3) is 0 Å². The minimum Gasteiger partial charge on any atom is -0.352 e. The molecule has 0 spiro atoms. The van der Waals surface area contributed by atoms with Crippen molar-refractivity contribution in [3.8, 4) is 0 Å². The molecule has 1 saturated heterocycles. The SMILES string of the molecule is CCC(C)NC(=O)C(C)NC(=O)NC1CCN(c2ccccc2F)C1=O. The average molecular weight is 364 g/mol. The number of benzene rings is 1. The van der Waals surface area contributed by atoms with E-state index in [0.717, 1.165) is 6.42 Å². The first-order chi connectivity index (χ1) is 12.3. The Morgan fingerprint density at radius 3 is 2.62 bits per heavy atom. The lowest BCUT2D eigenvalue weighted by atomic mass is 10.2. The summed E-state index contributed by atoms with van der Waals surface area (Å²) in [5, 5.41) is 7.85. The maximum Gasteiger partial charge on any atom is 0.316 e. The molecule has 0 saturated carbocycles. The molecule has 0 bridgehead atoms. The summed E-state index contributed by atoms with van der Waals surface area (Å²) in [5.41, 5.74) is 0.198. The van der Waals surface area contributed by atoms with Crippen LogP contribution in [0.15, 0.2) is 24.3 Å². The highest BCUT2D eigenvalue weighted by atomic mass is 19.1. The number of amides is 4. The highest BCUT2D eigenvalue weighted by Crippen LogP contribution is 2.24. The van der Waals surface area contributed by atoms with Gasteiger partial charge in [0.2, 0.25) is 11.8 Å². The van der Waals surface area contributed by atoms with E-state index in [2.05, 4.69) is 16.0 Å². The molecule has 1 aliphatic heterocycles. The van der Waals surface area contributed by atoms with Crippen molar-refractivity contribution in [2.45, 2.75) is 51.7 Å². The number of rotatable bonds is 6. The maximum atomic E-state index is 13.9. The van der Waals surface area contributed by atoms with Gasteiger partial charge in [0.05, 0.1) is 5.69 Å². The second-order valence-electron chi connectivity index (χ2n) is 6.44. The minimum absolute atomic E-state index is 0.0144. The summed E-state index contributed by atoms with van der Waals surface area (Å²) in [6, 6.07) is 3.93. The molecule has 1 aromatic rings. The minimum atomic E-state index is -0.751. The highest BCUT2D eigenvalue weighted by molar-refractivity contribution is 6.01. The van der Waals surface area contributed by atoms with Crippen molar-refractivity contribution in [1.82, 2.24) is 16.0 Å². The maximum absolute atomic E-state index is 13.9. The third-order valence-corrected chi connectivity index (χ3v) is 4.40. The number of hydrogen-bond acceptors (Lipinski definition) is 3. The zero-order valence-electron chi connectivity index (χ0n) is 15.2. The molecule has 1 aliphatic rings. The normalized spacial score (nSPS) is 19.0. The third-order valence-electron chi connectivity index (χ3n) is 4.40. The van der Waals surface area contributed by atoms with Crippen molar-refractivity contribution in [3.63, 3.8) is 0 Å². The lowest BCUT2D eigenvalue weighted by Gasteiger charge is -2.20. The van der Waals surface area contributed by atoms with Gasteiger partial charge >= 0.3 is 6.03 Å². The molecule has 0 aromatic heterocycles. The first-order valence-corrected chi connectivity index (χ1v) is 8.76. The summed E-state index contributed by atoms with van der Waals surface area (Å²) in [6.45, 7) is 5.70. The second-order valence-corrected chi connectivity index (χ2v) is 6.44. The number of halogens is 1. The summed E-state index contributed by atoms with van der Waals surface area (Å²) in [5.74, 6) is -1.15. The van der Waals surface area contributed by atoms with E-state index in [1.807, 2.05) is 13.8 Å². The molecule has 3 N–H and O–H groups in total. The van der Waals surface area contributed by atoms with E-state index < -0.39 is 23.9 Å². The quantitative estimate of drug-likeness (QED) is 0.715. The Kier molecular flexibility index (Phi) is 6.54. The summed E-state index contributed by atoms with van der Waals surface area (Å²) in [7, 11) is 0. The van der Waals surface area contributed by atoms with E-state index in [1.165, 1.54) is 17.0 Å². The van der Waals surface area contributed by atoms with Crippen LogP contribution in [0.25, 0.3) is 0 Å². The van der Waals surface area contributed by atoms with Crippen LogP contribution in [-0.4, -0.2) is 42.5 Å². The van der Waals surface area contributed by atoms with Gasteiger partial charge in [-0.2, -0.15) is 0 Å². The summed E-state index contributed by atoms with van der Waals surface area (Å²) >= 11 is 0. The van der Waals surface area contributed by atoms with Gasteiger partial charge in [0.1, 0.15) is 17.9 Å². The van der Waals surface area contributed by atoms with Gasteiger partial charge in [-0.15, -0.1) is 0 Å². The topological polar surface area (TPSA) is 90.5 Å². The van der Waals surface area contributed by atoms with Gasteiger partial charge in [0, 0.05) is 12.6 Å². The van der Waals surface area contributed by atoms with Crippen molar-refractivity contribution in [2.24, 2.45) is 0 Å². The molecule has 1 heterocycles. The Balaban J connectivity index is 1.89. The summed E-state index contributed by atoms with van der Waals surface area (Å²) in [6.07, 6.45) is 1.15. The smallest absolute Gasteiger partial charge is 0.316 e. The molecular weight excluding hydrogens is 339 g/mol. The molecule has 3 atom stereocenters. The predicted molar refractivity (Wildman–Crippen MR) is 96.2 cm³/mol. The Hall–Kier alpha value is -2.64. The van der Waals surface area contributed by atoms with E-state index >= 15 is 0 Å². The van der Waals surface area contributed by atoms with E-state index in [9.17, 15) is 18.8 Å². The molecule has 3 unspecified atom stereocenters. The monoisotopic (exact) mass is 364 g/mol. The molecule has 1 fully saturated rings. The number of carbonyl (C=O) groups excluding carboxylic acids is 3. The predicted octanol–water partition coefficient (Wildman–Crippen LogP) is 1.53. The van der Waals surface area contributed by atoms with E-state index in [4.69, 9.17) is 0 Å². The molecular formula is C18H25FN4O3. The van der Waals surface area contributed by atoms with Gasteiger partial charge < -0.3 is 20.9 Å². The fourth-order valence-corrected chi connectivity index (χ4v) is 2.66.